The zero-order chi connectivity index (χ0) is 17.6. The highest BCUT2D eigenvalue weighted by atomic mass is 16.4. The van der Waals surface area contributed by atoms with Gasteiger partial charge in [0, 0.05) is 5.56 Å². The Balaban J connectivity index is 2.24. The summed E-state index contributed by atoms with van der Waals surface area (Å²) >= 11 is 0. The first-order valence-corrected chi connectivity index (χ1v) is 7.94. The van der Waals surface area contributed by atoms with Gasteiger partial charge in [-0.3, -0.25) is 4.79 Å². The van der Waals surface area contributed by atoms with Gasteiger partial charge in [-0.25, -0.2) is 4.79 Å². The lowest BCUT2D eigenvalue weighted by molar-refractivity contribution is 0.0697. The molecule has 0 bridgehead atoms. The first kappa shape index (κ1) is 15.1. The molecule has 1 aliphatic carbocycles. The predicted octanol–water partition coefficient (Wildman–Crippen LogP) is 4.10. The first-order chi connectivity index (χ1) is 12.1. The molecule has 2 aromatic carbocycles. The molecule has 1 heterocycles. The zero-order valence-electron chi connectivity index (χ0n) is 13.6. The summed E-state index contributed by atoms with van der Waals surface area (Å²) in [5, 5.41) is 10.5. The van der Waals surface area contributed by atoms with Crippen molar-refractivity contribution < 1.29 is 9.90 Å². The van der Waals surface area contributed by atoms with E-state index in [-0.39, 0.29) is 11.0 Å². The highest BCUT2D eigenvalue weighted by Crippen LogP contribution is 2.31. The van der Waals surface area contributed by atoms with Gasteiger partial charge in [0.05, 0.1) is 22.5 Å². The summed E-state index contributed by atoms with van der Waals surface area (Å²) in [4.78, 5) is 24.1. The molecule has 0 unspecified atom stereocenters. The average molecular weight is 329 g/mol. The Bertz CT molecular complexity index is 1160. The molecule has 0 spiro atoms. The lowest BCUT2D eigenvalue weighted by Crippen LogP contribution is -2.14. The van der Waals surface area contributed by atoms with Crippen LogP contribution in [0, 0.1) is 6.92 Å². The summed E-state index contributed by atoms with van der Waals surface area (Å²) < 4.78 is 1.86. The van der Waals surface area contributed by atoms with Crippen LogP contribution in [0.5, 0.6) is 0 Å². The Kier molecular flexibility index (Phi) is 3.39. The number of pyridine rings is 1. The molecule has 0 aromatic heterocycles. The van der Waals surface area contributed by atoms with E-state index in [2.05, 4.69) is 0 Å². The van der Waals surface area contributed by atoms with Crippen LogP contribution in [0.3, 0.4) is 0 Å². The van der Waals surface area contributed by atoms with Crippen LogP contribution in [-0.2, 0) is 0 Å². The Hall–Kier alpha value is -3.40. The van der Waals surface area contributed by atoms with Crippen LogP contribution in [0.1, 0.15) is 15.9 Å². The SMILES string of the molecule is Cc1ccc(C(=O)O)c(-n2c3cccc(=O)c-3cc3ccccc32)c1. The maximum Gasteiger partial charge on any atom is 0.337 e. The molecule has 122 valence electrons. The smallest absolute Gasteiger partial charge is 0.337 e. The van der Waals surface area contributed by atoms with E-state index in [0.717, 1.165) is 16.5 Å². The van der Waals surface area contributed by atoms with Crippen LogP contribution in [0.2, 0.25) is 0 Å². The van der Waals surface area contributed by atoms with Crippen molar-refractivity contribution in [3.63, 3.8) is 0 Å². The second-order valence-electron chi connectivity index (χ2n) is 6.05. The van der Waals surface area contributed by atoms with Gasteiger partial charge in [0.2, 0.25) is 0 Å². The van der Waals surface area contributed by atoms with Crippen LogP contribution in [0.15, 0.2) is 71.5 Å². The molecule has 0 saturated carbocycles. The van der Waals surface area contributed by atoms with Crippen LogP contribution in [0.25, 0.3) is 27.8 Å². The van der Waals surface area contributed by atoms with Gasteiger partial charge < -0.3 is 9.67 Å². The molecular formula is C21H15NO3. The van der Waals surface area contributed by atoms with Gasteiger partial charge in [0.15, 0.2) is 5.43 Å². The van der Waals surface area contributed by atoms with Crippen molar-refractivity contribution >= 4 is 16.9 Å². The van der Waals surface area contributed by atoms with Crippen LogP contribution in [-0.4, -0.2) is 15.6 Å². The summed E-state index contributed by atoms with van der Waals surface area (Å²) in [5.41, 5.74) is 3.74. The van der Waals surface area contributed by atoms with Crippen LogP contribution < -0.4 is 5.43 Å². The van der Waals surface area contributed by atoms with Gasteiger partial charge in [-0.2, -0.15) is 0 Å². The molecular weight excluding hydrogens is 314 g/mol. The second-order valence-corrected chi connectivity index (χ2v) is 6.05. The molecule has 4 rings (SSSR count). The number of benzene rings is 3. The van der Waals surface area contributed by atoms with E-state index in [1.807, 2.05) is 54.0 Å². The number of carboxylic acids is 1. The van der Waals surface area contributed by atoms with Crippen molar-refractivity contribution in [2.24, 2.45) is 0 Å². The number of fused-ring (bicyclic) bond motifs is 2. The maximum absolute atomic E-state index is 12.4. The third-order valence-electron chi connectivity index (χ3n) is 4.39. The minimum absolute atomic E-state index is 0.0819. The number of aryl methyl sites for hydroxylation is 1. The molecule has 4 nitrogen and oxygen atoms in total. The third-order valence-corrected chi connectivity index (χ3v) is 4.39. The van der Waals surface area contributed by atoms with E-state index >= 15 is 0 Å². The zero-order valence-corrected chi connectivity index (χ0v) is 13.6. The normalized spacial score (nSPS) is 11.1. The molecule has 0 radical (unpaired) electrons. The molecule has 0 saturated heterocycles. The molecule has 1 N–H and O–H groups in total. The van der Waals surface area contributed by atoms with E-state index < -0.39 is 5.97 Å². The largest absolute Gasteiger partial charge is 0.478 e. The summed E-state index contributed by atoms with van der Waals surface area (Å²) in [7, 11) is 0. The number of para-hydroxylation sites is 1. The van der Waals surface area contributed by atoms with E-state index in [9.17, 15) is 14.7 Å². The minimum atomic E-state index is -0.998. The van der Waals surface area contributed by atoms with Crippen molar-refractivity contribution in [3.05, 3.63) is 88.1 Å². The third kappa shape index (κ3) is 2.39. The van der Waals surface area contributed by atoms with Gasteiger partial charge in [-0.1, -0.05) is 30.3 Å². The van der Waals surface area contributed by atoms with Crippen LogP contribution in [0.4, 0.5) is 0 Å². The number of hydrogen-bond acceptors (Lipinski definition) is 2. The van der Waals surface area contributed by atoms with E-state index in [1.165, 1.54) is 6.07 Å². The van der Waals surface area contributed by atoms with Gasteiger partial charge in [0.25, 0.3) is 0 Å². The minimum Gasteiger partial charge on any atom is -0.478 e. The summed E-state index contributed by atoms with van der Waals surface area (Å²) in [6, 6.07) is 19.8. The number of carbonyl (C=O) groups is 1. The second kappa shape index (κ2) is 5.60. The molecule has 1 aliphatic heterocycles. The maximum atomic E-state index is 12.4. The molecule has 2 aromatic rings. The lowest BCUT2D eigenvalue weighted by atomic mass is 10.0. The number of aromatic nitrogens is 1. The molecule has 0 fully saturated rings. The molecule has 0 atom stereocenters. The van der Waals surface area contributed by atoms with Crippen molar-refractivity contribution in [1.82, 2.24) is 4.57 Å². The fraction of sp³-hybridized carbons (Fsp3) is 0.0476. The first-order valence-electron chi connectivity index (χ1n) is 7.94. The molecule has 4 heteroatoms. The fourth-order valence-electron chi connectivity index (χ4n) is 3.24. The van der Waals surface area contributed by atoms with Crippen molar-refractivity contribution in [2.75, 3.05) is 0 Å². The summed E-state index contributed by atoms with van der Waals surface area (Å²) in [6.07, 6.45) is 0. The Morgan fingerprint density at radius 2 is 1.76 bits per heavy atom. The Morgan fingerprint density at radius 1 is 0.960 bits per heavy atom. The molecule has 0 amide bonds. The van der Waals surface area contributed by atoms with Crippen molar-refractivity contribution in [1.29, 1.82) is 0 Å². The summed E-state index contributed by atoms with van der Waals surface area (Å²) in [6.45, 7) is 1.92. The Morgan fingerprint density at radius 3 is 2.56 bits per heavy atom. The number of aromatic carboxylic acids is 1. The van der Waals surface area contributed by atoms with Crippen molar-refractivity contribution in [2.45, 2.75) is 6.92 Å². The van der Waals surface area contributed by atoms with Gasteiger partial charge in [-0.15, -0.1) is 0 Å². The Labute approximate surface area is 143 Å². The van der Waals surface area contributed by atoms with Gasteiger partial charge in [-0.05, 0) is 54.3 Å². The topological polar surface area (TPSA) is 59.3 Å². The number of nitrogens with zero attached hydrogens (tertiary/aromatic N) is 1. The number of rotatable bonds is 2. The predicted molar refractivity (Wildman–Crippen MR) is 97.9 cm³/mol. The number of hydrogen-bond donors (Lipinski definition) is 1. The standard InChI is InChI=1S/C21H15NO3/c1-13-9-10-15(21(24)25)19(11-13)22-17-6-3-2-5-14(17)12-16-18(22)7-4-8-20(16)23/h2-12H,1H3,(H,24,25). The highest BCUT2D eigenvalue weighted by molar-refractivity contribution is 5.95. The highest BCUT2D eigenvalue weighted by Gasteiger charge is 2.19. The van der Waals surface area contributed by atoms with Crippen LogP contribution >= 0.6 is 0 Å². The van der Waals surface area contributed by atoms with Gasteiger partial charge >= 0.3 is 5.97 Å². The molecule has 25 heavy (non-hydrogen) atoms. The number of carboxylic acid groups (broad SMARTS) is 1. The fourth-order valence-corrected chi connectivity index (χ4v) is 3.24. The van der Waals surface area contributed by atoms with E-state index in [0.29, 0.717) is 16.9 Å². The molecule has 2 aliphatic rings. The average Bonchev–Trinajstić information content (AvgIpc) is 2.60. The van der Waals surface area contributed by atoms with E-state index in [4.69, 9.17) is 0 Å². The monoisotopic (exact) mass is 329 g/mol. The quantitative estimate of drug-likeness (QED) is 0.563. The summed E-state index contributed by atoms with van der Waals surface area (Å²) in [5.74, 6) is -0.998. The van der Waals surface area contributed by atoms with Crippen molar-refractivity contribution in [3.8, 4) is 16.9 Å². The van der Waals surface area contributed by atoms with Gasteiger partial charge in [0.1, 0.15) is 0 Å². The van der Waals surface area contributed by atoms with E-state index in [1.54, 1.807) is 18.2 Å². The lowest BCUT2D eigenvalue weighted by Gasteiger charge is -2.21.